The van der Waals surface area contributed by atoms with Gasteiger partial charge >= 0.3 is 0 Å². The van der Waals surface area contributed by atoms with E-state index < -0.39 is 15.8 Å². The molecule has 4 nitrogen and oxygen atoms in total. The maximum Gasteiger partial charge on any atom is 0.224 e. The second-order valence-corrected chi connectivity index (χ2v) is 9.90. The van der Waals surface area contributed by atoms with Crippen molar-refractivity contribution in [2.24, 2.45) is 17.8 Å². The Bertz CT molecular complexity index is 662. The van der Waals surface area contributed by atoms with E-state index in [0.717, 1.165) is 12.0 Å². The molecule has 2 unspecified atom stereocenters. The molecular formula is C19H29NO3S. The van der Waals surface area contributed by atoms with Gasteiger partial charge in [0.05, 0.1) is 23.5 Å². The normalized spacial score (nSPS) is 21.2. The zero-order valence-corrected chi connectivity index (χ0v) is 15.9. The lowest BCUT2D eigenvalue weighted by atomic mass is 9.93. The van der Waals surface area contributed by atoms with Gasteiger partial charge in [0, 0.05) is 0 Å². The predicted molar refractivity (Wildman–Crippen MR) is 97.5 cm³/mol. The van der Waals surface area contributed by atoms with E-state index in [0.29, 0.717) is 12.3 Å². The molecule has 5 heteroatoms. The van der Waals surface area contributed by atoms with Crippen molar-refractivity contribution in [3.05, 3.63) is 35.4 Å². The minimum Gasteiger partial charge on any atom is -0.349 e. The van der Waals surface area contributed by atoms with E-state index in [4.69, 9.17) is 0 Å². The lowest BCUT2D eigenvalue weighted by molar-refractivity contribution is -0.125. The van der Waals surface area contributed by atoms with Gasteiger partial charge in [-0.05, 0) is 35.8 Å². The van der Waals surface area contributed by atoms with Crippen LogP contribution in [0.15, 0.2) is 24.3 Å². The van der Waals surface area contributed by atoms with Crippen molar-refractivity contribution in [3.8, 4) is 0 Å². The van der Waals surface area contributed by atoms with Crippen LogP contribution in [0.25, 0.3) is 0 Å². The molecule has 0 aliphatic carbocycles. The van der Waals surface area contributed by atoms with Crippen molar-refractivity contribution >= 4 is 15.7 Å². The van der Waals surface area contributed by atoms with Crippen molar-refractivity contribution in [2.75, 3.05) is 11.5 Å². The molecule has 0 aromatic heterocycles. The van der Waals surface area contributed by atoms with Crippen LogP contribution in [0, 0.1) is 17.8 Å². The number of benzene rings is 1. The van der Waals surface area contributed by atoms with Gasteiger partial charge in [0.15, 0.2) is 9.84 Å². The molecular weight excluding hydrogens is 322 g/mol. The van der Waals surface area contributed by atoms with E-state index in [-0.39, 0.29) is 29.4 Å². The molecule has 1 aliphatic rings. The van der Waals surface area contributed by atoms with Crippen LogP contribution < -0.4 is 5.32 Å². The zero-order chi connectivity index (χ0) is 17.9. The average molecular weight is 352 g/mol. The fourth-order valence-corrected chi connectivity index (χ4v) is 4.98. The Hall–Kier alpha value is -1.36. The van der Waals surface area contributed by atoms with Gasteiger partial charge in [-0.25, -0.2) is 8.42 Å². The lowest BCUT2D eigenvalue weighted by Gasteiger charge is -2.24. The van der Waals surface area contributed by atoms with Gasteiger partial charge in [-0.3, -0.25) is 4.79 Å². The highest BCUT2D eigenvalue weighted by molar-refractivity contribution is 7.91. The Labute approximate surface area is 146 Å². The number of carbonyl (C=O) groups is 1. The molecule has 1 fully saturated rings. The minimum absolute atomic E-state index is 0.0169. The monoisotopic (exact) mass is 351 g/mol. The Morgan fingerprint density at radius 1 is 1.17 bits per heavy atom. The van der Waals surface area contributed by atoms with Crippen LogP contribution in [0.4, 0.5) is 0 Å². The number of carbonyl (C=O) groups excluding carboxylic acids is 1. The maximum absolute atomic E-state index is 12.5. The minimum atomic E-state index is -3.04. The Morgan fingerprint density at radius 2 is 1.79 bits per heavy atom. The summed E-state index contributed by atoms with van der Waals surface area (Å²) in [5.74, 6) is 0.416. The van der Waals surface area contributed by atoms with Crippen molar-refractivity contribution in [1.82, 2.24) is 5.32 Å². The third kappa shape index (κ3) is 5.07. The molecule has 1 aliphatic heterocycles. The van der Waals surface area contributed by atoms with Crippen LogP contribution in [-0.4, -0.2) is 25.8 Å². The molecule has 2 atom stereocenters. The van der Waals surface area contributed by atoms with Gasteiger partial charge in [0.25, 0.3) is 0 Å². The molecule has 1 heterocycles. The third-order valence-electron chi connectivity index (χ3n) is 4.55. The van der Waals surface area contributed by atoms with Crippen LogP contribution in [0.3, 0.4) is 0 Å². The van der Waals surface area contributed by atoms with E-state index in [2.05, 4.69) is 57.3 Å². The molecule has 2 rings (SSSR count). The van der Waals surface area contributed by atoms with E-state index in [1.807, 2.05) is 0 Å². The molecule has 1 aromatic rings. The molecule has 0 radical (unpaired) electrons. The number of amides is 1. The smallest absolute Gasteiger partial charge is 0.224 e. The van der Waals surface area contributed by atoms with Crippen molar-refractivity contribution < 1.29 is 13.2 Å². The summed E-state index contributed by atoms with van der Waals surface area (Å²) in [5.41, 5.74) is 2.37. The maximum atomic E-state index is 12.5. The summed E-state index contributed by atoms with van der Waals surface area (Å²) in [4.78, 5) is 12.5. The third-order valence-corrected chi connectivity index (χ3v) is 6.32. The van der Waals surface area contributed by atoms with Crippen LogP contribution in [0.2, 0.25) is 0 Å². The summed E-state index contributed by atoms with van der Waals surface area (Å²) >= 11 is 0. The van der Waals surface area contributed by atoms with E-state index in [1.165, 1.54) is 5.56 Å². The highest BCUT2D eigenvalue weighted by atomic mass is 32.2. The molecule has 0 saturated carbocycles. The lowest BCUT2D eigenvalue weighted by Crippen LogP contribution is -2.36. The van der Waals surface area contributed by atoms with Crippen molar-refractivity contribution in [1.29, 1.82) is 0 Å². The Morgan fingerprint density at radius 3 is 2.25 bits per heavy atom. The molecule has 1 saturated heterocycles. The summed E-state index contributed by atoms with van der Waals surface area (Å²) in [6.45, 7) is 8.53. The average Bonchev–Trinajstić information content (AvgIpc) is 2.85. The second kappa shape index (κ2) is 7.68. The Balaban J connectivity index is 2.08. The standard InChI is InChI=1S/C19H29NO3S/c1-13(2)11-15-5-7-16(8-6-15)18(14(3)4)20-19(21)17-9-10-24(22,23)12-17/h5-8,13-14,17-18H,9-12H2,1-4H3,(H,20,21). The van der Waals surface area contributed by atoms with Gasteiger partial charge in [-0.15, -0.1) is 0 Å². The molecule has 0 spiro atoms. The van der Waals surface area contributed by atoms with Crippen LogP contribution in [-0.2, 0) is 21.1 Å². The first-order chi connectivity index (χ1) is 11.2. The highest BCUT2D eigenvalue weighted by Gasteiger charge is 2.34. The molecule has 1 aromatic carbocycles. The van der Waals surface area contributed by atoms with E-state index in [1.54, 1.807) is 0 Å². The first kappa shape index (κ1) is 19.0. The quantitative estimate of drug-likeness (QED) is 0.856. The zero-order valence-electron chi connectivity index (χ0n) is 15.1. The number of nitrogens with one attached hydrogen (secondary N) is 1. The van der Waals surface area contributed by atoms with Crippen LogP contribution >= 0.6 is 0 Å². The number of rotatable bonds is 6. The van der Waals surface area contributed by atoms with E-state index >= 15 is 0 Å². The van der Waals surface area contributed by atoms with Crippen molar-refractivity contribution in [3.63, 3.8) is 0 Å². The first-order valence-electron chi connectivity index (χ1n) is 8.77. The number of hydrogen-bond acceptors (Lipinski definition) is 3. The van der Waals surface area contributed by atoms with Crippen molar-refractivity contribution in [2.45, 2.75) is 46.6 Å². The van der Waals surface area contributed by atoms with Crippen LogP contribution in [0.5, 0.6) is 0 Å². The molecule has 1 N–H and O–H groups in total. The Kier molecular flexibility index (Phi) is 6.07. The first-order valence-corrected chi connectivity index (χ1v) is 10.6. The molecule has 24 heavy (non-hydrogen) atoms. The highest BCUT2D eigenvalue weighted by Crippen LogP contribution is 2.25. The van der Waals surface area contributed by atoms with Gasteiger partial charge < -0.3 is 5.32 Å². The summed E-state index contributed by atoms with van der Waals surface area (Å²) in [7, 11) is -3.04. The van der Waals surface area contributed by atoms with Crippen LogP contribution in [0.1, 0.15) is 51.3 Å². The van der Waals surface area contributed by atoms with Gasteiger partial charge in [0.2, 0.25) is 5.91 Å². The van der Waals surface area contributed by atoms with Gasteiger partial charge in [-0.2, -0.15) is 0 Å². The molecule has 1 amide bonds. The number of hydrogen-bond donors (Lipinski definition) is 1. The summed E-state index contributed by atoms with van der Waals surface area (Å²) in [6.07, 6.45) is 1.48. The number of sulfone groups is 1. The summed E-state index contributed by atoms with van der Waals surface area (Å²) in [5, 5.41) is 3.07. The fraction of sp³-hybridized carbons (Fsp3) is 0.632. The topological polar surface area (TPSA) is 63.2 Å². The largest absolute Gasteiger partial charge is 0.349 e. The second-order valence-electron chi connectivity index (χ2n) is 7.67. The fourth-order valence-electron chi connectivity index (χ4n) is 3.24. The SMILES string of the molecule is CC(C)Cc1ccc(C(NC(=O)C2CCS(=O)(=O)C2)C(C)C)cc1. The van der Waals surface area contributed by atoms with Gasteiger partial charge in [0.1, 0.15) is 0 Å². The summed E-state index contributed by atoms with van der Waals surface area (Å²) < 4.78 is 23.2. The molecule has 134 valence electrons. The van der Waals surface area contributed by atoms with Gasteiger partial charge in [-0.1, -0.05) is 52.0 Å². The summed E-state index contributed by atoms with van der Waals surface area (Å²) in [6, 6.07) is 8.31. The predicted octanol–water partition coefficient (Wildman–Crippen LogP) is 3.13. The van der Waals surface area contributed by atoms with E-state index in [9.17, 15) is 13.2 Å². The molecule has 0 bridgehead atoms.